The van der Waals surface area contributed by atoms with Gasteiger partial charge in [-0.15, -0.1) is 0 Å². The number of aromatic nitrogens is 2. The number of nitrogens with zero attached hydrogens (tertiary/aromatic N) is 3. The number of carbonyl (C=O) groups is 1. The third-order valence-electron chi connectivity index (χ3n) is 5.00. The number of benzene rings is 1. The van der Waals surface area contributed by atoms with Crippen molar-refractivity contribution in [1.82, 2.24) is 15.0 Å². The number of halogens is 1. The van der Waals surface area contributed by atoms with Crippen LogP contribution >= 0.6 is 15.9 Å². The maximum atomic E-state index is 12.7. The predicted octanol–water partition coefficient (Wildman–Crippen LogP) is 4.47. The lowest BCUT2D eigenvalue weighted by molar-refractivity contribution is -0.140. The number of carbonyl (C=O) groups excluding carboxylic acids is 1. The van der Waals surface area contributed by atoms with E-state index in [9.17, 15) is 4.79 Å². The largest absolute Gasteiger partial charge is 0.339 e. The second kappa shape index (κ2) is 8.13. The zero-order valence-corrected chi connectivity index (χ0v) is 16.3. The highest BCUT2D eigenvalue weighted by Crippen LogP contribution is 2.29. The Balaban J connectivity index is 1.64. The average molecular weight is 406 g/mol. The highest BCUT2D eigenvalue weighted by Gasteiger charge is 2.31. The van der Waals surface area contributed by atoms with Crippen molar-refractivity contribution >= 4 is 21.8 Å². The molecule has 1 saturated carbocycles. The molecule has 0 N–H and O–H groups in total. The second-order valence-corrected chi connectivity index (χ2v) is 7.60. The van der Waals surface area contributed by atoms with E-state index in [2.05, 4.69) is 39.9 Å². The van der Waals surface area contributed by atoms with E-state index >= 15 is 0 Å². The van der Waals surface area contributed by atoms with Crippen LogP contribution in [-0.2, 0) is 11.2 Å². The highest BCUT2D eigenvalue weighted by atomic mass is 79.9. The Hall–Kier alpha value is -1.69. The number of hydrogen-bond donors (Lipinski definition) is 0. The van der Waals surface area contributed by atoms with Crippen LogP contribution in [0.3, 0.4) is 0 Å². The van der Waals surface area contributed by atoms with Gasteiger partial charge in [0, 0.05) is 35.0 Å². The molecule has 1 fully saturated rings. The van der Waals surface area contributed by atoms with E-state index in [1.807, 2.05) is 29.2 Å². The monoisotopic (exact) mass is 405 g/mol. The highest BCUT2D eigenvalue weighted by molar-refractivity contribution is 9.10. The van der Waals surface area contributed by atoms with Crippen molar-refractivity contribution in [3.05, 3.63) is 34.6 Å². The molecule has 0 radical (unpaired) electrons. The molecule has 1 aliphatic carbocycles. The molecule has 5 nitrogen and oxygen atoms in total. The lowest BCUT2D eigenvalue weighted by Crippen LogP contribution is -2.44. The smallest absolute Gasteiger partial charge is 0.228 e. The number of hydrogen-bond acceptors (Lipinski definition) is 4. The van der Waals surface area contributed by atoms with Crippen molar-refractivity contribution < 1.29 is 9.32 Å². The fraction of sp³-hybridized carbons (Fsp3) is 0.526. The van der Waals surface area contributed by atoms with E-state index in [1.54, 1.807) is 0 Å². The molecule has 134 valence electrons. The molecule has 0 aliphatic heterocycles. The summed E-state index contributed by atoms with van der Waals surface area (Å²) in [6, 6.07) is 8.04. The summed E-state index contributed by atoms with van der Waals surface area (Å²) in [5.41, 5.74) is 0.919. The van der Waals surface area contributed by atoms with Crippen LogP contribution in [0.25, 0.3) is 11.4 Å². The van der Waals surface area contributed by atoms with Gasteiger partial charge in [0.2, 0.25) is 17.6 Å². The topological polar surface area (TPSA) is 59.2 Å². The molecule has 0 saturated heterocycles. The molecule has 1 aromatic heterocycles. The zero-order valence-electron chi connectivity index (χ0n) is 14.7. The predicted molar refractivity (Wildman–Crippen MR) is 99.9 cm³/mol. The van der Waals surface area contributed by atoms with Crippen molar-refractivity contribution in [3.8, 4) is 11.4 Å². The maximum absolute atomic E-state index is 12.7. The van der Waals surface area contributed by atoms with E-state index in [1.165, 1.54) is 6.42 Å². The molecule has 1 amide bonds. The molecular weight excluding hydrogens is 382 g/mol. The van der Waals surface area contributed by atoms with Gasteiger partial charge < -0.3 is 9.42 Å². The SMILES string of the molecule is CCC(C)N(CCc1nc(-c2ccc(Br)cc2)no1)C(=O)C1CCC1. The maximum Gasteiger partial charge on any atom is 0.228 e. The minimum atomic E-state index is 0.218. The van der Waals surface area contributed by atoms with Gasteiger partial charge in [-0.25, -0.2) is 0 Å². The van der Waals surface area contributed by atoms with Crippen molar-refractivity contribution in [2.75, 3.05) is 6.54 Å². The summed E-state index contributed by atoms with van der Waals surface area (Å²) < 4.78 is 6.40. The van der Waals surface area contributed by atoms with Crippen molar-refractivity contribution in [1.29, 1.82) is 0 Å². The van der Waals surface area contributed by atoms with Crippen molar-refractivity contribution in [3.63, 3.8) is 0 Å². The molecule has 2 aromatic rings. The zero-order chi connectivity index (χ0) is 17.8. The van der Waals surface area contributed by atoms with Gasteiger partial charge in [-0.1, -0.05) is 34.4 Å². The standard InChI is InChI=1S/C19H24BrN3O2/c1-3-13(2)23(19(24)15-5-4-6-15)12-11-17-21-18(22-25-17)14-7-9-16(20)10-8-14/h7-10,13,15H,3-6,11-12H2,1-2H3. The number of amides is 1. The van der Waals surface area contributed by atoms with Gasteiger partial charge in [0.15, 0.2) is 0 Å². The first kappa shape index (κ1) is 18.1. The number of rotatable bonds is 7. The van der Waals surface area contributed by atoms with Crippen LogP contribution in [0.5, 0.6) is 0 Å². The van der Waals surface area contributed by atoms with Crippen LogP contribution in [0.1, 0.15) is 45.4 Å². The van der Waals surface area contributed by atoms with Gasteiger partial charge in [0.05, 0.1) is 0 Å². The van der Waals surface area contributed by atoms with Crippen molar-refractivity contribution in [2.45, 2.75) is 52.0 Å². The first-order valence-electron chi connectivity index (χ1n) is 8.97. The molecule has 1 aromatic carbocycles. The Labute approximate surface area is 156 Å². The summed E-state index contributed by atoms with van der Waals surface area (Å²) >= 11 is 3.42. The minimum Gasteiger partial charge on any atom is -0.339 e. The summed E-state index contributed by atoms with van der Waals surface area (Å²) in [7, 11) is 0. The molecule has 1 heterocycles. The van der Waals surface area contributed by atoms with E-state index < -0.39 is 0 Å². The lowest BCUT2D eigenvalue weighted by Gasteiger charge is -2.35. The van der Waals surface area contributed by atoms with Gasteiger partial charge in [-0.05, 0) is 50.5 Å². The lowest BCUT2D eigenvalue weighted by atomic mass is 9.84. The Bertz CT molecular complexity index is 710. The van der Waals surface area contributed by atoms with Crippen molar-refractivity contribution in [2.24, 2.45) is 5.92 Å². The first-order valence-corrected chi connectivity index (χ1v) is 9.76. The summed E-state index contributed by atoms with van der Waals surface area (Å²) in [5, 5.41) is 4.06. The Morgan fingerprint density at radius 3 is 2.68 bits per heavy atom. The second-order valence-electron chi connectivity index (χ2n) is 6.69. The van der Waals surface area contributed by atoms with Crippen LogP contribution in [0, 0.1) is 5.92 Å². The van der Waals surface area contributed by atoms with Crippen LogP contribution in [0.4, 0.5) is 0 Å². The van der Waals surface area contributed by atoms with Gasteiger partial charge in [0.25, 0.3) is 0 Å². The fourth-order valence-corrected chi connectivity index (χ4v) is 3.21. The quantitative estimate of drug-likeness (QED) is 0.681. The van der Waals surface area contributed by atoms with E-state index in [0.29, 0.717) is 24.7 Å². The van der Waals surface area contributed by atoms with Gasteiger partial charge >= 0.3 is 0 Å². The molecule has 1 unspecified atom stereocenters. The molecule has 6 heteroatoms. The molecule has 0 spiro atoms. The summed E-state index contributed by atoms with van der Waals surface area (Å²) in [4.78, 5) is 19.1. The third kappa shape index (κ3) is 4.29. The van der Waals surface area contributed by atoms with Gasteiger partial charge in [-0.2, -0.15) is 4.98 Å². The summed E-state index contributed by atoms with van der Waals surface area (Å²) in [6.07, 6.45) is 4.77. The Morgan fingerprint density at radius 1 is 1.36 bits per heavy atom. The summed E-state index contributed by atoms with van der Waals surface area (Å²) in [5.74, 6) is 1.67. The molecule has 1 atom stereocenters. The molecule has 1 aliphatic rings. The van der Waals surface area contributed by atoms with Gasteiger partial charge in [0.1, 0.15) is 0 Å². The summed E-state index contributed by atoms with van der Waals surface area (Å²) in [6.45, 7) is 4.86. The minimum absolute atomic E-state index is 0.218. The van der Waals surface area contributed by atoms with Gasteiger partial charge in [-0.3, -0.25) is 4.79 Å². The third-order valence-corrected chi connectivity index (χ3v) is 5.53. The fourth-order valence-electron chi connectivity index (χ4n) is 2.95. The Kier molecular flexibility index (Phi) is 5.89. The molecule has 0 bridgehead atoms. The average Bonchev–Trinajstić information content (AvgIpc) is 3.02. The van der Waals surface area contributed by atoms with Crippen LogP contribution in [0.15, 0.2) is 33.3 Å². The Morgan fingerprint density at radius 2 is 2.08 bits per heavy atom. The molecule has 25 heavy (non-hydrogen) atoms. The van der Waals surface area contributed by atoms with E-state index in [4.69, 9.17) is 4.52 Å². The first-order chi connectivity index (χ1) is 12.1. The van der Waals surface area contributed by atoms with Crippen LogP contribution in [0.2, 0.25) is 0 Å². The van der Waals surface area contributed by atoms with E-state index in [-0.39, 0.29) is 17.9 Å². The van der Waals surface area contributed by atoms with Crippen LogP contribution in [-0.4, -0.2) is 33.5 Å². The molecule has 3 rings (SSSR count). The normalized spacial score (nSPS) is 15.6. The van der Waals surface area contributed by atoms with E-state index in [0.717, 1.165) is 29.3 Å². The molecular formula is C19H24BrN3O2. The van der Waals surface area contributed by atoms with Crippen LogP contribution < -0.4 is 0 Å².